The number of hydrogen-bond donors (Lipinski definition) is 1. The van der Waals surface area contributed by atoms with Crippen molar-refractivity contribution in [2.24, 2.45) is 0 Å². The Morgan fingerprint density at radius 3 is 2.74 bits per heavy atom. The normalized spacial score (nSPS) is 14.2. The van der Waals surface area contributed by atoms with E-state index in [1.807, 2.05) is 26.8 Å². The van der Waals surface area contributed by atoms with Gasteiger partial charge in [-0.25, -0.2) is 4.39 Å². The zero-order valence-electron chi connectivity index (χ0n) is 20.2. The maximum atomic E-state index is 13.4. The minimum atomic E-state index is -0.281. The van der Waals surface area contributed by atoms with Gasteiger partial charge in [-0.15, -0.1) is 0 Å². The summed E-state index contributed by atoms with van der Waals surface area (Å²) >= 11 is 0. The van der Waals surface area contributed by atoms with Gasteiger partial charge in [-0.05, 0) is 82.2 Å². The molecule has 34 heavy (non-hydrogen) atoms. The highest BCUT2D eigenvalue weighted by molar-refractivity contribution is 6.01. The number of fused-ring (bicyclic) bond motifs is 1. The van der Waals surface area contributed by atoms with Crippen LogP contribution in [0.1, 0.15) is 57.1 Å². The molecule has 3 aromatic rings. The first-order chi connectivity index (χ1) is 16.5. The first kappa shape index (κ1) is 23.8. The fraction of sp³-hybridized carbons (Fsp3) is 0.345. The van der Waals surface area contributed by atoms with Crippen molar-refractivity contribution in [2.45, 2.75) is 52.9 Å². The molecule has 0 unspecified atom stereocenters. The molecule has 1 N–H and O–H groups in total. The van der Waals surface area contributed by atoms with Gasteiger partial charge in [-0.3, -0.25) is 4.79 Å². The number of hydrogen-bond acceptors (Lipinski definition) is 3. The van der Waals surface area contributed by atoms with Crippen LogP contribution in [-0.2, 0) is 4.79 Å². The predicted molar refractivity (Wildman–Crippen MR) is 135 cm³/mol. The molecular weight excluding hydrogens is 429 g/mol. The van der Waals surface area contributed by atoms with Crippen LogP contribution in [0.25, 0.3) is 27.7 Å². The molecular formula is C29H32FNO3. The first-order valence-corrected chi connectivity index (χ1v) is 12.1. The molecule has 4 nitrogen and oxygen atoms in total. The SMILES string of the molecule is CCOc1c(/C(C)=C/C(=O)NCCC2=CCCCC2)cc2c(-c3ccc(F)cc3)coc2c1C. The molecule has 5 heteroatoms. The molecule has 1 aliphatic rings. The van der Waals surface area contributed by atoms with Crippen LogP contribution >= 0.6 is 0 Å². The smallest absolute Gasteiger partial charge is 0.244 e. The third kappa shape index (κ3) is 5.24. The second-order valence-electron chi connectivity index (χ2n) is 8.82. The van der Waals surface area contributed by atoms with Crippen LogP contribution in [0, 0.1) is 12.7 Å². The lowest BCUT2D eigenvalue weighted by Gasteiger charge is -2.15. The molecule has 0 saturated carbocycles. The minimum Gasteiger partial charge on any atom is -0.493 e. The van der Waals surface area contributed by atoms with Gasteiger partial charge >= 0.3 is 0 Å². The molecule has 0 fully saturated rings. The summed E-state index contributed by atoms with van der Waals surface area (Å²) in [6.07, 6.45) is 11.3. The summed E-state index contributed by atoms with van der Waals surface area (Å²) < 4.78 is 25.3. The lowest BCUT2D eigenvalue weighted by molar-refractivity contribution is -0.116. The number of benzene rings is 2. The Labute approximate surface area is 200 Å². The summed E-state index contributed by atoms with van der Waals surface area (Å²) in [5, 5.41) is 3.92. The van der Waals surface area contributed by atoms with Gasteiger partial charge in [0.15, 0.2) is 0 Å². The summed E-state index contributed by atoms with van der Waals surface area (Å²) in [6, 6.07) is 8.36. The van der Waals surface area contributed by atoms with E-state index in [0.29, 0.717) is 18.9 Å². The zero-order chi connectivity index (χ0) is 24.1. The highest BCUT2D eigenvalue weighted by atomic mass is 19.1. The number of allylic oxidation sites excluding steroid dienone is 2. The summed E-state index contributed by atoms with van der Waals surface area (Å²) in [4.78, 5) is 12.7. The number of halogens is 1. The van der Waals surface area contributed by atoms with Crippen LogP contribution in [0.3, 0.4) is 0 Å². The van der Waals surface area contributed by atoms with E-state index in [4.69, 9.17) is 9.15 Å². The number of ether oxygens (including phenoxy) is 1. The number of amides is 1. The van der Waals surface area contributed by atoms with Crippen LogP contribution in [0.2, 0.25) is 0 Å². The van der Waals surface area contributed by atoms with E-state index in [1.165, 1.54) is 30.5 Å². The van der Waals surface area contributed by atoms with E-state index in [-0.39, 0.29) is 11.7 Å². The van der Waals surface area contributed by atoms with Gasteiger partial charge in [0.05, 0.1) is 12.9 Å². The van der Waals surface area contributed by atoms with Crippen molar-refractivity contribution < 1.29 is 18.3 Å². The van der Waals surface area contributed by atoms with Crippen molar-refractivity contribution in [3.63, 3.8) is 0 Å². The molecule has 1 heterocycles. The number of carbonyl (C=O) groups is 1. The quantitative estimate of drug-likeness (QED) is 0.282. The molecule has 0 saturated heterocycles. The van der Waals surface area contributed by atoms with E-state index < -0.39 is 0 Å². The molecule has 0 radical (unpaired) electrons. The lowest BCUT2D eigenvalue weighted by Crippen LogP contribution is -2.23. The first-order valence-electron chi connectivity index (χ1n) is 12.1. The fourth-order valence-corrected chi connectivity index (χ4v) is 4.60. The minimum absolute atomic E-state index is 0.111. The second kappa shape index (κ2) is 10.7. The maximum Gasteiger partial charge on any atom is 0.244 e. The molecule has 0 aliphatic heterocycles. The van der Waals surface area contributed by atoms with Crippen LogP contribution in [0.4, 0.5) is 4.39 Å². The van der Waals surface area contributed by atoms with Gasteiger partial charge in [0.2, 0.25) is 5.91 Å². The van der Waals surface area contributed by atoms with E-state index in [9.17, 15) is 9.18 Å². The highest BCUT2D eigenvalue weighted by Crippen LogP contribution is 2.40. The Hall–Kier alpha value is -3.34. The van der Waals surface area contributed by atoms with Crippen LogP contribution in [0.15, 0.2) is 58.7 Å². The Bertz CT molecular complexity index is 1230. The Kier molecular flexibility index (Phi) is 7.51. The molecule has 0 spiro atoms. The van der Waals surface area contributed by atoms with Gasteiger partial charge < -0.3 is 14.5 Å². The standard InChI is InChI=1S/C29H32FNO3/c1-4-33-28-20(3)29-25(26(18-34-29)22-10-12-23(30)13-11-22)17-24(28)19(2)16-27(32)31-15-14-21-8-6-5-7-9-21/h8,10-13,16-18H,4-7,9,14-15H2,1-3H3,(H,31,32)/b19-16+. The summed E-state index contributed by atoms with van der Waals surface area (Å²) in [7, 11) is 0. The van der Waals surface area contributed by atoms with Gasteiger partial charge in [0.1, 0.15) is 17.1 Å². The zero-order valence-corrected chi connectivity index (χ0v) is 20.2. The highest BCUT2D eigenvalue weighted by Gasteiger charge is 2.19. The molecule has 1 aromatic heterocycles. The van der Waals surface area contributed by atoms with E-state index in [0.717, 1.165) is 58.1 Å². The predicted octanol–water partition coefficient (Wildman–Crippen LogP) is 7.36. The van der Waals surface area contributed by atoms with Crippen molar-refractivity contribution in [3.8, 4) is 16.9 Å². The van der Waals surface area contributed by atoms with Crippen LogP contribution in [0.5, 0.6) is 5.75 Å². The molecule has 0 bridgehead atoms. The topological polar surface area (TPSA) is 51.5 Å². The number of rotatable bonds is 8. The Morgan fingerprint density at radius 2 is 2.03 bits per heavy atom. The van der Waals surface area contributed by atoms with Gasteiger partial charge in [-0.1, -0.05) is 23.8 Å². The molecule has 4 rings (SSSR count). The number of carbonyl (C=O) groups excluding carboxylic acids is 1. The molecule has 1 aliphatic carbocycles. The Morgan fingerprint density at radius 1 is 1.24 bits per heavy atom. The van der Waals surface area contributed by atoms with Crippen LogP contribution < -0.4 is 10.1 Å². The third-order valence-corrected chi connectivity index (χ3v) is 6.39. The maximum absolute atomic E-state index is 13.4. The average molecular weight is 462 g/mol. The summed E-state index contributed by atoms with van der Waals surface area (Å²) in [5.74, 6) is 0.320. The molecule has 2 aromatic carbocycles. The van der Waals surface area contributed by atoms with Crippen molar-refractivity contribution in [2.75, 3.05) is 13.2 Å². The summed E-state index contributed by atoms with van der Waals surface area (Å²) in [5.41, 5.74) is 6.45. The number of nitrogens with one attached hydrogen (secondary N) is 1. The van der Waals surface area contributed by atoms with E-state index >= 15 is 0 Å². The Balaban J connectivity index is 1.63. The van der Waals surface area contributed by atoms with Gasteiger partial charge in [0.25, 0.3) is 0 Å². The van der Waals surface area contributed by atoms with Crippen molar-refractivity contribution in [1.82, 2.24) is 5.32 Å². The second-order valence-corrected chi connectivity index (χ2v) is 8.82. The number of aryl methyl sites for hydroxylation is 1. The number of furan rings is 1. The lowest BCUT2D eigenvalue weighted by atomic mass is 9.96. The monoisotopic (exact) mass is 461 g/mol. The van der Waals surface area contributed by atoms with Gasteiger partial charge in [-0.2, -0.15) is 0 Å². The largest absolute Gasteiger partial charge is 0.493 e. The van der Waals surface area contributed by atoms with Crippen LogP contribution in [-0.4, -0.2) is 19.1 Å². The van der Waals surface area contributed by atoms with Crippen molar-refractivity contribution in [1.29, 1.82) is 0 Å². The van der Waals surface area contributed by atoms with Crippen molar-refractivity contribution >= 4 is 22.4 Å². The van der Waals surface area contributed by atoms with E-state index in [2.05, 4.69) is 11.4 Å². The molecule has 1 amide bonds. The fourth-order valence-electron chi connectivity index (χ4n) is 4.60. The third-order valence-electron chi connectivity index (χ3n) is 6.39. The summed E-state index contributed by atoms with van der Waals surface area (Å²) in [6.45, 7) is 6.95. The molecule has 178 valence electrons. The molecule has 0 atom stereocenters. The van der Waals surface area contributed by atoms with Crippen molar-refractivity contribution in [3.05, 3.63) is 71.3 Å². The van der Waals surface area contributed by atoms with Gasteiger partial charge in [0, 0.05) is 34.7 Å². The van der Waals surface area contributed by atoms with E-state index in [1.54, 1.807) is 24.5 Å². The average Bonchev–Trinajstić information content (AvgIpc) is 3.26.